The zero-order chi connectivity index (χ0) is 15.8. The van der Waals surface area contributed by atoms with Crippen LogP contribution in [-0.2, 0) is 10.0 Å². The van der Waals surface area contributed by atoms with Gasteiger partial charge in [-0.1, -0.05) is 17.7 Å². The van der Waals surface area contributed by atoms with Crippen molar-refractivity contribution in [1.82, 2.24) is 4.98 Å². The second-order valence-electron chi connectivity index (χ2n) is 4.80. The van der Waals surface area contributed by atoms with Crippen LogP contribution in [0.1, 0.15) is 11.1 Å². The molecule has 0 spiro atoms. The highest BCUT2D eigenvalue weighted by Crippen LogP contribution is 2.29. The molecule has 0 fully saturated rings. The minimum atomic E-state index is -3.76. The minimum Gasteiger partial charge on any atom is -0.383 e. The Morgan fingerprint density at radius 2 is 1.90 bits per heavy atom. The average Bonchev–Trinajstić information content (AvgIpc) is 2.40. The molecule has 112 valence electrons. The summed E-state index contributed by atoms with van der Waals surface area (Å²) >= 11 is 3.22. The summed E-state index contributed by atoms with van der Waals surface area (Å²) in [6, 6.07) is 7.04. The number of nitrogens with two attached hydrogens (primary N) is 1. The van der Waals surface area contributed by atoms with Gasteiger partial charge in [0, 0.05) is 17.7 Å². The summed E-state index contributed by atoms with van der Waals surface area (Å²) in [6.07, 6.45) is 1.46. The number of anilines is 2. The van der Waals surface area contributed by atoms with Gasteiger partial charge in [0.1, 0.15) is 10.7 Å². The third kappa shape index (κ3) is 3.03. The molecule has 7 heteroatoms. The fourth-order valence-corrected chi connectivity index (χ4v) is 3.91. The Kier molecular flexibility index (Phi) is 4.25. The van der Waals surface area contributed by atoms with Gasteiger partial charge in [-0.2, -0.15) is 0 Å². The van der Waals surface area contributed by atoms with Crippen molar-refractivity contribution < 1.29 is 8.42 Å². The van der Waals surface area contributed by atoms with Crippen LogP contribution in [0.4, 0.5) is 11.5 Å². The zero-order valence-corrected chi connectivity index (χ0v) is 14.4. The van der Waals surface area contributed by atoms with Crippen molar-refractivity contribution in [3.8, 4) is 0 Å². The van der Waals surface area contributed by atoms with Crippen LogP contribution in [0.5, 0.6) is 0 Å². The standard InChI is InChI=1S/C14H16BrN3O2S/c1-9-4-5-12(10(2)6-9)18(3)21(19,20)13-7-11(15)8-17-14(13)16/h4-8H,1-3H3,(H2,16,17). The van der Waals surface area contributed by atoms with Gasteiger partial charge in [-0.25, -0.2) is 13.4 Å². The molecular weight excluding hydrogens is 354 g/mol. The maximum absolute atomic E-state index is 12.7. The number of hydrogen-bond acceptors (Lipinski definition) is 4. The summed E-state index contributed by atoms with van der Waals surface area (Å²) in [7, 11) is -2.26. The van der Waals surface area contributed by atoms with E-state index in [2.05, 4.69) is 20.9 Å². The molecule has 2 rings (SSSR count). The lowest BCUT2D eigenvalue weighted by Gasteiger charge is -2.22. The molecule has 0 aliphatic carbocycles. The van der Waals surface area contributed by atoms with Crippen LogP contribution in [0.15, 0.2) is 39.8 Å². The summed E-state index contributed by atoms with van der Waals surface area (Å²) in [5.41, 5.74) is 8.28. The zero-order valence-electron chi connectivity index (χ0n) is 12.0. The molecule has 0 aliphatic rings. The first kappa shape index (κ1) is 15.8. The molecule has 1 aromatic heterocycles. The average molecular weight is 370 g/mol. The lowest BCUT2D eigenvalue weighted by Crippen LogP contribution is -2.28. The Hall–Kier alpha value is -1.60. The molecule has 1 aromatic carbocycles. The number of hydrogen-bond donors (Lipinski definition) is 1. The number of halogens is 1. The van der Waals surface area contributed by atoms with Gasteiger partial charge in [-0.05, 0) is 47.5 Å². The van der Waals surface area contributed by atoms with Gasteiger partial charge >= 0.3 is 0 Å². The molecule has 21 heavy (non-hydrogen) atoms. The van der Waals surface area contributed by atoms with Crippen LogP contribution in [0.2, 0.25) is 0 Å². The lowest BCUT2D eigenvalue weighted by molar-refractivity contribution is 0.594. The van der Waals surface area contributed by atoms with Crippen LogP contribution in [-0.4, -0.2) is 20.4 Å². The van der Waals surface area contributed by atoms with Crippen LogP contribution in [0.3, 0.4) is 0 Å². The van der Waals surface area contributed by atoms with E-state index < -0.39 is 10.0 Å². The molecule has 1 heterocycles. The predicted octanol–water partition coefficient (Wildman–Crippen LogP) is 2.87. The van der Waals surface area contributed by atoms with Gasteiger partial charge in [-0.15, -0.1) is 0 Å². The molecule has 0 atom stereocenters. The smallest absolute Gasteiger partial charge is 0.267 e. The van der Waals surface area contributed by atoms with E-state index in [0.29, 0.717) is 10.2 Å². The molecule has 0 aliphatic heterocycles. The van der Waals surface area contributed by atoms with E-state index in [-0.39, 0.29) is 10.7 Å². The number of nitrogen functional groups attached to an aromatic ring is 1. The van der Waals surface area contributed by atoms with Gasteiger partial charge in [-0.3, -0.25) is 4.31 Å². The van der Waals surface area contributed by atoms with E-state index in [1.165, 1.54) is 23.6 Å². The number of aryl methyl sites for hydroxylation is 2. The summed E-state index contributed by atoms with van der Waals surface area (Å²) < 4.78 is 27.2. The van der Waals surface area contributed by atoms with Crippen molar-refractivity contribution >= 4 is 37.5 Å². The normalized spacial score (nSPS) is 11.4. The molecule has 0 radical (unpaired) electrons. The second-order valence-corrected chi connectivity index (χ2v) is 7.65. The largest absolute Gasteiger partial charge is 0.383 e. The highest BCUT2D eigenvalue weighted by Gasteiger charge is 2.25. The fourth-order valence-electron chi connectivity index (χ4n) is 2.07. The third-order valence-electron chi connectivity index (χ3n) is 3.18. The van der Waals surface area contributed by atoms with E-state index >= 15 is 0 Å². The Morgan fingerprint density at radius 1 is 1.24 bits per heavy atom. The quantitative estimate of drug-likeness (QED) is 0.902. The molecule has 2 N–H and O–H groups in total. The number of nitrogens with zero attached hydrogens (tertiary/aromatic N) is 2. The van der Waals surface area contributed by atoms with Crippen LogP contribution < -0.4 is 10.0 Å². The summed E-state index contributed by atoms with van der Waals surface area (Å²) in [5, 5.41) is 0. The Balaban J connectivity index is 2.55. The van der Waals surface area contributed by atoms with E-state index in [1.807, 2.05) is 26.0 Å². The lowest BCUT2D eigenvalue weighted by atomic mass is 10.1. The molecule has 0 unspecified atom stereocenters. The van der Waals surface area contributed by atoms with E-state index in [4.69, 9.17) is 5.73 Å². The van der Waals surface area contributed by atoms with E-state index in [9.17, 15) is 8.42 Å². The van der Waals surface area contributed by atoms with Crippen molar-refractivity contribution in [3.63, 3.8) is 0 Å². The van der Waals surface area contributed by atoms with E-state index in [0.717, 1.165) is 11.1 Å². The number of rotatable bonds is 3. The Morgan fingerprint density at radius 3 is 2.52 bits per heavy atom. The van der Waals surface area contributed by atoms with Gasteiger partial charge in [0.2, 0.25) is 0 Å². The summed E-state index contributed by atoms with van der Waals surface area (Å²) in [6.45, 7) is 3.83. The van der Waals surface area contributed by atoms with Crippen molar-refractivity contribution in [2.24, 2.45) is 0 Å². The molecule has 2 aromatic rings. The molecule has 0 saturated heterocycles. The van der Waals surface area contributed by atoms with Gasteiger partial charge in [0.25, 0.3) is 10.0 Å². The first-order valence-corrected chi connectivity index (χ1v) is 8.44. The monoisotopic (exact) mass is 369 g/mol. The van der Waals surface area contributed by atoms with Crippen LogP contribution in [0, 0.1) is 13.8 Å². The van der Waals surface area contributed by atoms with E-state index in [1.54, 1.807) is 6.07 Å². The first-order valence-electron chi connectivity index (χ1n) is 6.20. The number of sulfonamides is 1. The van der Waals surface area contributed by atoms with Crippen molar-refractivity contribution in [3.05, 3.63) is 46.1 Å². The van der Waals surface area contributed by atoms with Crippen LogP contribution >= 0.6 is 15.9 Å². The highest BCUT2D eigenvalue weighted by molar-refractivity contribution is 9.10. The molecule has 0 saturated carbocycles. The fraction of sp³-hybridized carbons (Fsp3) is 0.214. The second kappa shape index (κ2) is 5.65. The first-order chi connectivity index (χ1) is 9.73. The highest BCUT2D eigenvalue weighted by atomic mass is 79.9. The number of benzene rings is 1. The Bertz CT molecular complexity index is 791. The molecule has 5 nitrogen and oxygen atoms in total. The van der Waals surface area contributed by atoms with Crippen molar-refractivity contribution in [2.45, 2.75) is 18.7 Å². The summed E-state index contributed by atoms with van der Waals surface area (Å²) in [5.74, 6) is -0.0187. The maximum Gasteiger partial charge on any atom is 0.267 e. The molecular formula is C14H16BrN3O2S. The third-order valence-corrected chi connectivity index (χ3v) is 5.41. The van der Waals surface area contributed by atoms with Gasteiger partial charge < -0.3 is 5.73 Å². The maximum atomic E-state index is 12.7. The SMILES string of the molecule is Cc1ccc(N(C)S(=O)(=O)c2cc(Br)cnc2N)c(C)c1. The summed E-state index contributed by atoms with van der Waals surface area (Å²) in [4.78, 5) is 3.87. The number of aromatic nitrogens is 1. The van der Waals surface area contributed by atoms with Crippen molar-refractivity contribution in [1.29, 1.82) is 0 Å². The van der Waals surface area contributed by atoms with Gasteiger partial charge in [0.15, 0.2) is 0 Å². The minimum absolute atomic E-state index is 0.0145. The number of pyridine rings is 1. The van der Waals surface area contributed by atoms with Crippen LogP contribution in [0.25, 0.3) is 0 Å². The molecule has 0 bridgehead atoms. The molecule has 0 amide bonds. The topological polar surface area (TPSA) is 76.3 Å². The van der Waals surface area contributed by atoms with Crippen molar-refractivity contribution in [2.75, 3.05) is 17.1 Å². The van der Waals surface area contributed by atoms with Gasteiger partial charge in [0.05, 0.1) is 5.69 Å². The predicted molar refractivity (Wildman–Crippen MR) is 87.9 cm³/mol. The Labute approximate surface area is 133 Å².